The van der Waals surface area contributed by atoms with Gasteiger partial charge in [-0.05, 0) is 47.5 Å². The molecule has 3 aromatic rings. The number of unbranched alkanes of at least 4 members (excludes halogenated alkanes) is 1. The molecule has 0 unspecified atom stereocenters. The molecule has 0 fully saturated rings. The van der Waals surface area contributed by atoms with Crippen LogP contribution in [0.15, 0.2) is 42.5 Å². The fraction of sp³-hybridized carbons (Fsp3) is 0.381. The molecule has 0 radical (unpaired) electrons. The fourth-order valence-corrected chi connectivity index (χ4v) is 2.96. The zero-order valence-corrected chi connectivity index (χ0v) is 17.5. The van der Waals surface area contributed by atoms with Gasteiger partial charge in [-0.1, -0.05) is 54.3 Å². The Labute approximate surface area is 176 Å². The predicted octanol–water partition coefficient (Wildman–Crippen LogP) is 4.72. The lowest BCUT2D eigenvalue weighted by molar-refractivity contribution is 0.267. The Kier molecular flexibility index (Phi) is 7.69. The van der Waals surface area contributed by atoms with Crippen molar-refractivity contribution in [2.24, 2.45) is 0 Å². The number of aromatic nitrogens is 4. The van der Waals surface area contributed by atoms with Crippen LogP contribution in [0.3, 0.4) is 0 Å². The van der Waals surface area contributed by atoms with Crippen molar-refractivity contribution in [2.45, 2.75) is 46.4 Å². The van der Waals surface area contributed by atoms with Crippen molar-refractivity contribution in [2.75, 3.05) is 11.9 Å². The van der Waals surface area contributed by atoms with Crippen molar-refractivity contribution in [3.05, 3.63) is 58.6 Å². The molecule has 154 valence electrons. The molecule has 8 heteroatoms. The minimum atomic E-state index is 0.419. The van der Waals surface area contributed by atoms with E-state index in [1.807, 2.05) is 49.4 Å². The Hall–Kier alpha value is -2.80. The summed E-state index contributed by atoms with van der Waals surface area (Å²) in [6.45, 7) is 6.37. The molecule has 0 spiro atoms. The number of benzene rings is 2. The second-order valence-electron chi connectivity index (χ2n) is 6.53. The molecule has 1 aromatic heterocycles. The standard InChI is InChI=1S/C21H26ClN5O2/c1-3-5-13-27-21(24-25-26-27)23-14-17-7-6-8-19(28-4-2)20(17)29-15-16-9-11-18(22)12-10-16/h6-12H,3-5,13-15H2,1-2H3,(H,23,24,26). The number of rotatable bonds is 11. The molecule has 0 saturated heterocycles. The van der Waals surface area contributed by atoms with Crippen LogP contribution in [-0.4, -0.2) is 26.8 Å². The maximum Gasteiger partial charge on any atom is 0.243 e. The highest BCUT2D eigenvalue weighted by Crippen LogP contribution is 2.32. The van der Waals surface area contributed by atoms with E-state index < -0.39 is 0 Å². The number of ether oxygens (including phenoxy) is 2. The minimum absolute atomic E-state index is 0.419. The van der Waals surface area contributed by atoms with E-state index in [0.717, 1.165) is 30.5 Å². The molecule has 0 aliphatic carbocycles. The first-order valence-corrected chi connectivity index (χ1v) is 10.2. The Morgan fingerprint density at radius 1 is 1.07 bits per heavy atom. The number of para-hydroxylation sites is 1. The first kappa shape index (κ1) is 20.9. The average Bonchev–Trinajstić information content (AvgIpc) is 3.18. The monoisotopic (exact) mass is 415 g/mol. The molecular formula is C21H26ClN5O2. The van der Waals surface area contributed by atoms with Crippen molar-refractivity contribution in [3.63, 3.8) is 0 Å². The van der Waals surface area contributed by atoms with E-state index in [-0.39, 0.29) is 0 Å². The van der Waals surface area contributed by atoms with E-state index in [2.05, 4.69) is 27.8 Å². The van der Waals surface area contributed by atoms with Crippen LogP contribution in [0.4, 0.5) is 5.95 Å². The average molecular weight is 416 g/mol. The molecule has 0 aliphatic rings. The minimum Gasteiger partial charge on any atom is -0.490 e. The summed E-state index contributed by atoms with van der Waals surface area (Å²) in [7, 11) is 0. The van der Waals surface area contributed by atoms with Crippen molar-refractivity contribution >= 4 is 17.5 Å². The number of nitrogens with zero attached hydrogens (tertiary/aromatic N) is 4. The third kappa shape index (κ3) is 5.84. The summed E-state index contributed by atoms with van der Waals surface area (Å²) >= 11 is 5.97. The number of anilines is 1. The number of aryl methyl sites for hydroxylation is 1. The Morgan fingerprint density at radius 2 is 1.90 bits per heavy atom. The lowest BCUT2D eigenvalue weighted by Gasteiger charge is -2.16. The van der Waals surface area contributed by atoms with Crippen LogP contribution in [0, 0.1) is 0 Å². The first-order valence-electron chi connectivity index (χ1n) is 9.83. The van der Waals surface area contributed by atoms with Crippen LogP contribution >= 0.6 is 11.6 Å². The topological polar surface area (TPSA) is 74.1 Å². The van der Waals surface area contributed by atoms with E-state index in [4.69, 9.17) is 21.1 Å². The Bertz CT molecular complexity index is 898. The van der Waals surface area contributed by atoms with Gasteiger partial charge in [0.15, 0.2) is 11.5 Å². The smallest absolute Gasteiger partial charge is 0.243 e. The van der Waals surface area contributed by atoms with Crippen molar-refractivity contribution in [3.8, 4) is 11.5 Å². The zero-order chi connectivity index (χ0) is 20.5. The Morgan fingerprint density at radius 3 is 2.66 bits per heavy atom. The molecule has 0 atom stereocenters. The van der Waals surface area contributed by atoms with E-state index in [1.165, 1.54) is 0 Å². The predicted molar refractivity (Wildman–Crippen MR) is 113 cm³/mol. The van der Waals surface area contributed by atoms with E-state index in [9.17, 15) is 0 Å². The molecule has 7 nitrogen and oxygen atoms in total. The van der Waals surface area contributed by atoms with Gasteiger partial charge in [-0.15, -0.1) is 0 Å². The zero-order valence-electron chi connectivity index (χ0n) is 16.8. The van der Waals surface area contributed by atoms with Crippen molar-refractivity contribution in [1.29, 1.82) is 0 Å². The number of hydrogen-bond donors (Lipinski definition) is 1. The highest BCUT2D eigenvalue weighted by atomic mass is 35.5. The highest BCUT2D eigenvalue weighted by molar-refractivity contribution is 6.30. The lowest BCUT2D eigenvalue weighted by Crippen LogP contribution is -2.10. The number of tetrazole rings is 1. The van der Waals surface area contributed by atoms with Crippen LogP contribution in [0.25, 0.3) is 0 Å². The second kappa shape index (κ2) is 10.7. The van der Waals surface area contributed by atoms with Crippen LogP contribution in [-0.2, 0) is 19.7 Å². The molecular weight excluding hydrogens is 390 g/mol. The van der Waals surface area contributed by atoms with Gasteiger partial charge in [-0.3, -0.25) is 0 Å². The van der Waals surface area contributed by atoms with Gasteiger partial charge in [-0.2, -0.15) is 0 Å². The SMILES string of the molecule is CCCCn1nnnc1NCc1cccc(OCC)c1OCc1ccc(Cl)cc1. The van der Waals surface area contributed by atoms with Gasteiger partial charge < -0.3 is 14.8 Å². The number of nitrogens with one attached hydrogen (secondary N) is 1. The van der Waals surface area contributed by atoms with Crippen LogP contribution in [0.5, 0.6) is 11.5 Å². The maximum atomic E-state index is 6.15. The Balaban J connectivity index is 1.74. The molecule has 1 heterocycles. The van der Waals surface area contributed by atoms with Gasteiger partial charge in [0.05, 0.1) is 6.61 Å². The molecule has 0 amide bonds. The van der Waals surface area contributed by atoms with Gasteiger partial charge in [-0.25, -0.2) is 4.68 Å². The summed E-state index contributed by atoms with van der Waals surface area (Å²) in [5.41, 5.74) is 2.00. The summed E-state index contributed by atoms with van der Waals surface area (Å²) in [6, 6.07) is 13.5. The van der Waals surface area contributed by atoms with Gasteiger partial charge in [0.25, 0.3) is 0 Å². The second-order valence-corrected chi connectivity index (χ2v) is 6.96. The summed E-state index contributed by atoms with van der Waals surface area (Å²) in [6.07, 6.45) is 2.10. The number of halogens is 1. The largest absolute Gasteiger partial charge is 0.490 e. The van der Waals surface area contributed by atoms with E-state index in [1.54, 1.807) is 4.68 Å². The summed E-state index contributed by atoms with van der Waals surface area (Å²) in [5, 5.41) is 15.9. The van der Waals surface area contributed by atoms with Gasteiger partial charge in [0.1, 0.15) is 6.61 Å². The lowest BCUT2D eigenvalue weighted by atomic mass is 10.1. The maximum absolute atomic E-state index is 6.15. The summed E-state index contributed by atoms with van der Waals surface area (Å²) < 4.78 is 13.7. The third-order valence-corrected chi connectivity index (χ3v) is 4.60. The van der Waals surface area contributed by atoms with Crippen molar-refractivity contribution < 1.29 is 9.47 Å². The van der Waals surface area contributed by atoms with E-state index >= 15 is 0 Å². The van der Waals surface area contributed by atoms with Gasteiger partial charge >= 0.3 is 0 Å². The third-order valence-electron chi connectivity index (χ3n) is 4.35. The molecule has 29 heavy (non-hydrogen) atoms. The molecule has 0 aliphatic heterocycles. The normalized spacial score (nSPS) is 10.7. The molecule has 0 bridgehead atoms. The molecule has 2 aromatic carbocycles. The fourth-order valence-electron chi connectivity index (χ4n) is 2.83. The van der Waals surface area contributed by atoms with Crippen LogP contribution in [0.1, 0.15) is 37.8 Å². The van der Waals surface area contributed by atoms with Gasteiger partial charge in [0.2, 0.25) is 5.95 Å². The van der Waals surface area contributed by atoms with Crippen molar-refractivity contribution in [1.82, 2.24) is 20.2 Å². The first-order chi connectivity index (χ1) is 14.2. The van der Waals surface area contributed by atoms with Crippen LogP contribution < -0.4 is 14.8 Å². The summed E-state index contributed by atoms with van der Waals surface area (Å²) in [5.74, 6) is 2.07. The summed E-state index contributed by atoms with van der Waals surface area (Å²) in [4.78, 5) is 0. The molecule has 3 rings (SSSR count). The van der Waals surface area contributed by atoms with Crippen LogP contribution in [0.2, 0.25) is 5.02 Å². The molecule has 1 N–H and O–H groups in total. The quantitative estimate of drug-likeness (QED) is 0.488. The van der Waals surface area contributed by atoms with Gasteiger partial charge in [0, 0.05) is 23.7 Å². The van der Waals surface area contributed by atoms with E-state index in [0.29, 0.717) is 42.2 Å². The highest BCUT2D eigenvalue weighted by Gasteiger charge is 2.13. The molecule has 0 saturated carbocycles. The number of hydrogen-bond acceptors (Lipinski definition) is 6.